The topological polar surface area (TPSA) is 63.6 Å². The summed E-state index contributed by atoms with van der Waals surface area (Å²) in [6.45, 7) is 3.23. The number of hydrogen-bond donors (Lipinski definition) is 1. The van der Waals surface area contributed by atoms with Gasteiger partial charge in [0.25, 0.3) is 0 Å². The van der Waals surface area contributed by atoms with Gasteiger partial charge in [-0.1, -0.05) is 0 Å². The monoisotopic (exact) mass is 300 g/mol. The molecule has 0 fully saturated rings. The van der Waals surface area contributed by atoms with Gasteiger partial charge in [0.2, 0.25) is 0 Å². The van der Waals surface area contributed by atoms with E-state index in [1.165, 1.54) is 0 Å². The molecule has 1 rings (SSSR count). The van der Waals surface area contributed by atoms with Crippen LogP contribution in [-0.2, 0) is 4.79 Å². The van der Waals surface area contributed by atoms with Gasteiger partial charge in [0.05, 0.1) is 9.89 Å². The van der Waals surface area contributed by atoms with Gasteiger partial charge in [-0.3, -0.25) is 9.59 Å². The number of carbonyl (C=O) groups is 2. The van der Waals surface area contributed by atoms with Gasteiger partial charge >= 0.3 is 5.97 Å². The van der Waals surface area contributed by atoms with Crippen LogP contribution in [0.5, 0.6) is 5.75 Å². The molecule has 0 unspecified atom stereocenters. The molecule has 0 heterocycles. The minimum Gasteiger partial charge on any atom is -0.491 e. The van der Waals surface area contributed by atoms with Gasteiger partial charge < -0.3 is 9.84 Å². The lowest BCUT2D eigenvalue weighted by atomic mass is 9.95. The van der Waals surface area contributed by atoms with Crippen molar-refractivity contribution in [1.29, 1.82) is 0 Å². The van der Waals surface area contributed by atoms with E-state index < -0.39 is 11.4 Å². The molecular weight excluding hydrogens is 288 g/mol. The highest BCUT2D eigenvalue weighted by Crippen LogP contribution is 2.27. The van der Waals surface area contributed by atoms with Crippen molar-refractivity contribution >= 4 is 28.2 Å². The third kappa shape index (κ3) is 3.56. The van der Waals surface area contributed by atoms with Crippen LogP contribution in [0.2, 0.25) is 0 Å². The van der Waals surface area contributed by atoms with Crippen LogP contribution < -0.4 is 4.74 Å². The zero-order valence-corrected chi connectivity index (χ0v) is 11.2. The summed E-state index contributed by atoms with van der Waals surface area (Å²) in [5.74, 6) is -0.400. The molecular formula is C12H13BrO4. The van der Waals surface area contributed by atoms with Crippen molar-refractivity contribution in [3.63, 3.8) is 0 Å². The highest BCUT2D eigenvalue weighted by Gasteiger charge is 2.28. The lowest BCUT2D eigenvalue weighted by Gasteiger charge is -2.20. The standard InChI is InChI=1S/C12H13BrO4/c1-12(2,11(15)16)7-17-10-4-3-8(6-14)5-9(10)13/h3-6H,7H2,1-2H3,(H,15,16). The molecule has 0 saturated heterocycles. The molecule has 1 aromatic rings. The molecule has 4 nitrogen and oxygen atoms in total. The highest BCUT2D eigenvalue weighted by molar-refractivity contribution is 9.10. The van der Waals surface area contributed by atoms with Gasteiger partial charge in [-0.2, -0.15) is 0 Å². The number of hydrogen-bond acceptors (Lipinski definition) is 3. The predicted octanol–water partition coefficient (Wildman–Crippen LogP) is 2.75. The molecule has 0 radical (unpaired) electrons. The normalized spacial score (nSPS) is 11.0. The van der Waals surface area contributed by atoms with Gasteiger partial charge in [0, 0.05) is 5.56 Å². The van der Waals surface area contributed by atoms with Gasteiger partial charge in [-0.25, -0.2) is 0 Å². The van der Waals surface area contributed by atoms with E-state index >= 15 is 0 Å². The Morgan fingerprint density at radius 1 is 1.53 bits per heavy atom. The Morgan fingerprint density at radius 3 is 2.65 bits per heavy atom. The fourth-order valence-corrected chi connectivity index (χ4v) is 1.54. The van der Waals surface area contributed by atoms with Gasteiger partial charge in [0.1, 0.15) is 18.6 Å². The molecule has 0 aliphatic heterocycles. The smallest absolute Gasteiger partial charge is 0.312 e. The van der Waals surface area contributed by atoms with Crippen LogP contribution in [0.3, 0.4) is 0 Å². The first-order valence-electron chi connectivity index (χ1n) is 4.98. The van der Waals surface area contributed by atoms with Crippen molar-refractivity contribution in [2.75, 3.05) is 6.61 Å². The van der Waals surface area contributed by atoms with Crippen LogP contribution >= 0.6 is 15.9 Å². The quantitative estimate of drug-likeness (QED) is 0.849. The Morgan fingerprint density at radius 2 is 2.18 bits per heavy atom. The number of halogens is 1. The molecule has 0 aromatic heterocycles. The van der Waals surface area contributed by atoms with E-state index in [1.54, 1.807) is 32.0 Å². The van der Waals surface area contributed by atoms with E-state index in [4.69, 9.17) is 9.84 Å². The summed E-state index contributed by atoms with van der Waals surface area (Å²) in [7, 11) is 0. The number of aldehydes is 1. The predicted molar refractivity (Wildman–Crippen MR) is 66.4 cm³/mol. The Labute approximate surface area is 108 Å². The lowest BCUT2D eigenvalue weighted by Crippen LogP contribution is -2.30. The van der Waals surface area contributed by atoms with Crippen molar-refractivity contribution in [1.82, 2.24) is 0 Å². The van der Waals surface area contributed by atoms with Crippen molar-refractivity contribution in [3.05, 3.63) is 28.2 Å². The number of ether oxygens (including phenoxy) is 1. The van der Waals surface area contributed by atoms with Crippen molar-refractivity contribution < 1.29 is 19.4 Å². The molecule has 5 heteroatoms. The molecule has 0 bridgehead atoms. The maximum atomic E-state index is 10.9. The highest BCUT2D eigenvalue weighted by atomic mass is 79.9. The fourth-order valence-electron chi connectivity index (χ4n) is 1.03. The van der Waals surface area contributed by atoms with E-state index in [2.05, 4.69) is 15.9 Å². The number of carboxylic acid groups (broad SMARTS) is 1. The average Bonchev–Trinajstić information content (AvgIpc) is 2.27. The first-order valence-corrected chi connectivity index (χ1v) is 5.77. The van der Waals surface area contributed by atoms with E-state index in [-0.39, 0.29) is 6.61 Å². The van der Waals surface area contributed by atoms with Crippen LogP contribution in [0.15, 0.2) is 22.7 Å². The summed E-state index contributed by atoms with van der Waals surface area (Å²) in [4.78, 5) is 21.4. The summed E-state index contributed by atoms with van der Waals surface area (Å²) in [6, 6.07) is 4.86. The van der Waals surface area contributed by atoms with Crippen LogP contribution in [0, 0.1) is 5.41 Å². The second-order valence-corrected chi connectivity index (χ2v) is 5.14. The maximum absolute atomic E-state index is 10.9. The van der Waals surface area contributed by atoms with Crippen molar-refractivity contribution in [2.24, 2.45) is 5.41 Å². The van der Waals surface area contributed by atoms with Gasteiger partial charge in [0.15, 0.2) is 0 Å². The Bertz CT molecular complexity index is 440. The van der Waals surface area contributed by atoms with Crippen molar-refractivity contribution in [3.8, 4) is 5.75 Å². The Hall–Kier alpha value is -1.36. The number of aliphatic carboxylic acids is 1. The summed E-state index contributed by atoms with van der Waals surface area (Å²) >= 11 is 3.26. The van der Waals surface area contributed by atoms with Crippen molar-refractivity contribution in [2.45, 2.75) is 13.8 Å². The Balaban J connectivity index is 2.76. The lowest BCUT2D eigenvalue weighted by molar-refractivity contribution is -0.148. The summed E-state index contributed by atoms with van der Waals surface area (Å²) in [5.41, 5.74) is -0.426. The van der Waals surface area contributed by atoms with E-state index in [0.717, 1.165) is 6.29 Å². The van der Waals surface area contributed by atoms with Gasteiger partial charge in [-0.05, 0) is 48.0 Å². The molecule has 0 spiro atoms. The largest absolute Gasteiger partial charge is 0.491 e. The summed E-state index contributed by atoms with van der Waals surface area (Å²) in [6.07, 6.45) is 0.732. The Kier molecular flexibility index (Phi) is 4.28. The average molecular weight is 301 g/mol. The molecule has 1 aromatic carbocycles. The number of carbonyl (C=O) groups excluding carboxylic acids is 1. The zero-order valence-electron chi connectivity index (χ0n) is 9.57. The molecule has 0 saturated carbocycles. The van der Waals surface area contributed by atoms with E-state index in [0.29, 0.717) is 15.8 Å². The molecule has 0 atom stereocenters. The zero-order chi connectivity index (χ0) is 13.1. The van der Waals surface area contributed by atoms with Gasteiger partial charge in [-0.15, -0.1) is 0 Å². The number of rotatable bonds is 5. The number of benzene rings is 1. The second-order valence-electron chi connectivity index (χ2n) is 4.29. The minimum absolute atomic E-state index is 0.0569. The van der Waals surface area contributed by atoms with E-state index in [1.807, 2.05) is 0 Å². The fraction of sp³-hybridized carbons (Fsp3) is 0.333. The first-order chi connectivity index (χ1) is 7.86. The van der Waals surface area contributed by atoms with Crippen LogP contribution in [0.25, 0.3) is 0 Å². The van der Waals surface area contributed by atoms with Crippen LogP contribution in [0.1, 0.15) is 24.2 Å². The third-order valence-electron chi connectivity index (χ3n) is 2.26. The molecule has 0 aliphatic rings. The molecule has 0 amide bonds. The SMILES string of the molecule is CC(C)(COc1ccc(C=O)cc1Br)C(=O)O. The van der Waals surface area contributed by atoms with E-state index in [9.17, 15) is 9.59 Å². The third-order valence-corrected chi connectivity index (χ3v) is 2.88. The molecule has 0 aliphatic carbocycles. The first kappa shape index (κ1) is 13.7. The molecule has 17 heavy (non-hydrogen) atoms. The maximum Gasteiger partial charge on any atom is 0.312 e. The molecule has 1 N–H and O–H groups in total. The summed E-state index contributed by atoms with van der Waals surface area (Å²) < 4.78 is 6.05. The minimum atomic E-state index is -0.956. The second kappa shape index (κ2) is 5.31. The molecule has 92 valence electrons. The van der Waals surface area contributed by atoms with Crippen LogP contribution in [-0.4, -0.2) is 24.0 Å². The number of carboxylic acids is 1. The summed E-state index contributed by atoms with van der Waals surface area (Å²) in [5, 5.41) is 8.93. The van der Waals surface area contributed by atoms with Crippen LogP contribution in [0.4, 0.5) is 0 Å².